The highest BCUT2D eigenvalue weighted by molar-refractivity contribution is 5.90. The lowest BCUT2D eigenvalue weighted by atomic mass is 9.77. The molecule has 1 heterocycles. The topological polar surface area (TPSA) is 29.6 Å². The van der Waals surface area contributed by atoms with Gasteiger partial charge in [-0.25, -0.2) is 0 Å². The van der Waals surface area contributed by atoms with Crippen LogP contribution in [0.4, 0.5) is 0 Å². The number of fused-ring (bicyclic) bond motifs is 1. The fourth-order valence-corrected chi connectivity index (χ4v) is 2.22. The molecule has 0 N–H and O–H groups in total. The number of Topliss-reactive ketones (excluding diaryl/α,β-unsaturated/α-hetero) is 1. The summed E-state index contributed by atoms with van der Waals surface area (Å²) in [7, 11) is 0. The van der Waals surface area contributed by atoms with Crippen LogP contribution < -0.4 is 0 Å². The summed E-state index contributed by atoms with van der Waals surface area (Å²) in [6, 6.07) is 0. The van der Waals surface area contributed by atoms with E-state index in [1.165, 1.54) is 0 Å². The number of carbonyl (C=O) groups is 1. The number of epoxide rings is 1. The molecule has 3 atom stereocenters. The molecule has 2 heteroatoms. The lowest BCUT2D eigenvalue weighted by molar-refractivity contribution is -0.126. The Labute approximate surface area is 73.3 Å². The fourth-order valence-electron chi connectivity index (χ4n) is 2.22. The standard InChI is InChI=1S/C10H16O2/c1-6(2)7-4-5-10(3)9(12-10)8(7)11/h6-7,9H,4-5H2,1-3H3/t7-,9-,10-/m1/s1. The largest absolute Gasteiger partial charge is 0.358 e. The second kappa shape index (κ2) is 2.32. The molecule has 1 aliphatic heterocycles. The Morgan fingerprint density at radius 3 is 2.83 bits per heavy atom. The molecule has 0 radical (unpaired) electrons. The third kappa shape index (κ3) is 1.01. The van der Waals surface area contributed by atoms with Crippen molar-refractivity contribution in [2.45, 2.75) is 45.3 Å². The molecular formula is C10H16O2. The smallest absolute Gasteiger partial charge is 0.167 e. The van der Waals surface area contributed by atoms with E-state index in [4.69, 9.17) is 4.74 Å². The van der Waals surface area contributed by atoms with Crippen LogP contribution >= 0.6 is 0 Å². The van der Waals surface area contributed by atoms with E-state index in [1.807, 2.05) is 6.92 Å². The first-order valence-corrected chi connectivity index (χ1v) is 4.76. The molecule has 0 bridgehead atoms. The molecule has 2 nitrogen and oxygen atoms in total. The molecule has 2 rings (SSSR count). The average Bonchev–Trinajstić information content (AvgIpc) is 2.62. The van der Waals surface area contributed by atoms with Crippen LogP contribution in [0.2, 0.25) is 0 Å². The molecule has 0 aromatic rings. The van der Waals surface area contributed by atoms with Crippen LogP contribution in [0, 0.1) is 11.8 Å². The first-order valence-electron chi connectivity index (χ1n) is 4.76. The van der Waals surface area contributed by atoms with Crippen LogP contribution in [0.25, 0.3) is 0 Å². The highest BCUT2D eigenvalue weighted by atomic mass is 16.6. The molecular weight excluding hydrogens is 152 g/mol. The van der Waals surface area contributed by atoms with Crippen molar-refractivity contribution in [1.29, 1.82) is 0 Å². The van der Waals surface area contributed by atoms with Gasteiger partial charge >= 0.3 is 0 Å². The maximum absolute atomic E-state index is 11.7. The predicted octanol–water partition coefficient (Wildman–Crippen LogP) is 1.78. The zero-order chi connectivity index (χ0) is 8.93. The molecule has 0 aromatic carbocycles. The maximum atomic E-state index is 11.7. The Balaban J connectivity index is 2.10. The SMILES string of the molecule is CC(C)[C@H]1CC[C@@]2(C)O[C@@H]2C1=O. The second-order valence-corrected chi connectivity index (χ2v) is 4.60. The van der Waals surface area contributed by atoms with Gasteiger partial charge in [0.15, 0.2) is 5.78 Å². The van der Waals surface area contributed by atoms with Gasteiger partial charge in [0.25, 0.3) is 0 Å². The third-order valence-electron chi connectivity index (χ3n) is 3.26. The Kier molecular flexibility index (Phi) is 1.59. The van der Waals surface area contributed by atoms with Crippen molar-refractivity contribution in [3.63, 3.8) is 0 Å². The van der Waals surface area contributed by atoms with Crippen LogP contribution in [0.15, 0.2) is 0 Å². The van der Waals surface area contributed by atoms with Crippen molar-refractivity contribution in [2.24, 2.45) is 11.8 Å². The van der Waals surface area contributed by atoms with Gasteiger partial charge in [-0.3, -0.25) is 4.79 Å². The highest BCUT2D eigenvalue weighted by Crippen LogP contribution is 2.48. The van der Waals surface area contributed by atoms with Crippen molar-refractivity contribution in [1.82, 2.24) is 0 Å². The fraction of sp³-hybridized carbons (Fsp3) is 0.900. The zero-order valence-electron chi connectivity index (χ0n) is 7.96. The van der Waals surface area contributed by atoms with E-state index >= 15 is 0 Å². The predicted molar refractivity (Wildman–Crippen MR) is 45.8 cm³/mol. The molecule has 68 valence electrons. The molecule has 1 saturated carbocycles. The summed E-state index contributed by atoms with van der Waals surface area (Å²) in [5.74, 6) is 1.08. The van der Waals surface area contributed by atoms with Gasteiger partial charge in [0.05, 0.1) is 5.60 Å². The van der Waals surface area contributed by atoms with E-state index in [-0.39, 0.29) is 17.6 Å². The Hall–Kier alpha value is -0.370. The number of rotatable bonds is 1. The summed E-state index contributed by atoms with van der Waals surface area (Å²) in [5.41, 5.74) is -0.0670. The molecule has 0 aromatic heterocycles. The van der Waals surface area contributed by atoms with E-state index in [2.05, 4.69) is 13.8 Å². The van der Waals surface area contributed by atoms with Gasteiger partial charge in [-0.15, -0.1) is 0 Å². The van der Waals surface area contributed by atoms with Crippen LogP contribution in [0.3, 0.4) is 0 Å². The summed E-state index contributed by atoms with van der Waals surface area (Å²) < 4.78 is 5.41. The van der Waals surface area contributed by atoms with E-state index in [0.29, 0.717) is 11.7 Å². The first kappa shape index (κ1) is 8.24. The van der Waals surface area contributed by atoms with Crippen LogP contribution in [0.5, 0.6) is 0 Å². The van der Waals surface area contributed by atoms with Crippen molar-refractivity contribution in [3.05, 3.63) is 0 Å². The lowest BCUT2D eigenvalue weighted by Gasteiger charge is -2.23. The number of ether oxygens (including phenoxy) is 1. The number of ketones is 1. The summed E-state index contributed by atoms with van der Waals surface area (Å²) >= 11 is 0. The van der Waals surface area contributed by atoms with E-state index in [9.17, 15) is 4.79 Å². The number of hydrogen-bond acceptors (Lipinski definition) is 2. The minimum Gasteiger partial charge on any atom is -0.358 e. The Morgan fingerprint density at radius 2 is 2.25 bits per heavy atom. The van der Waals surface area contributed by atoms with E-state index < -0.39 is 0 Å². The number of hydrogen-bond donors (Lipinski definition) is 0. The Morgan fingerprint density at radius 1 is 1.58 bits per heavy atom. The molecule has 0 unspecified atom stereocenters. The van der Waals surface area contributed by atoms with Crippen molar-refractivity contribution < 1.29 is 9.53 Å². The second-order valence-electron chi connectivity index (χ2n) is 4.60. The van der Waals surface area contributed by atoms with Crippen LogP contribution in [0.1, 0.15) is 33.6 Å². The van der Waals surface area contributed by atoms with Crippen LogP contribution in [-0.4, -0.2) is 17.5 Å². The van der Waals surface area contributed by atoms with Crippen molar-refractivity contribution >= 4 is 5.78 Å². The van der Waals surface area contributed by atoms with Gasteiger partial charge < -0.3 is 4.74 Å². The molecule has 0 spiro atoms. The average molecular weight is 168 g/mol. The lowest BCUT2D eigenvalue weighted by Crippen LogP contribution is -2.34. The molecule has 1 saturated heterocycles. The summed E-state index contributed by atoms with van der Waals surface area (Å²) in [4.78, 5) is 11.7. The van der Waals surface area contributed by atoms with E-state index in [1.54, 1.807) is 0 Å². The minimum atomic E-state index is -0.0670. The molecule has 0 amide bonds. The monoisotopic (exact) mass is 168 g/mol. The molecule has 12 heavy (non-hydrogen) atoms. The van der Waals surface area contributed by atoms with Gasteiger partial charge in [-0.05, 0) is 25.7 Å². The van der Waals surface area contributed by atoms with Gasteiger partial charge in [0, 0.05) is 5.92 Å². The van der Waals surface area contributed by atoms with Crippen molar-refractivity contribution in [2.75, 3.05) is 0 Å². The maximum Gasteiger partial charge on any atom is 0.167 e. The zero-order valence-corrected chi connectivity index (χ0v) is 7.96. The number of carbonyl (C=O) groups excluding carboxylic acids is 1. The quantitative estimate of drug-likeness (QED) is 0.558. The van der Waals surface area contributed by atoms with Gasteiger partial charge in [-0.2, -0.15) is 0 Å². The van der Waals surface area contributed by atoms with E-state index in [0.717, 1.165) is 12.8 Å². The third-order valence-corrected chi connectivity index (χ3v) is 3.26. The molecule has 2 fully saturated rings. The van der Waals surface area contributed by atoms with Gasteiger partial charge in [0.2, 0.25) is 0 Å². The van der Waals surface area contributed by atoms with Crippen molar-refractivity contribution in [3.8, 4) is 0 Å². The Bertz CT molecular complexity index is 222. The molecule has 2 aliphatic rings. The minimum absolute atomic E-state index is 0.0568. The summed E-state index contributed by atoms with van der Waals surface area (Å²) in [6.45, 7) is 6.29. The van der Waals surface area contributed by atoms with Gasteiger partial charge in [0.1, 0.15) is 6.10 Å². The summed E-state index contributed by atoms with van der Waals surface area (Å²) in [5, 5.41) is 0. The highest BCUT2D eigenvalue weighted by Gasteiger charge is 2.60. The van der Waals surface area contributed by atoms with Gasteiger partial charge in [-0.1, -0.05) is 13.8 Å². The summed E-state index contributed by atoms with van der Waals surface area (Å²) in [6.07, 6.45) is 2.02. The van der Waals surface area contributed by atoms with Crippen LogP contribution in [-0.2, 0) is 9.53 Å². The molecule has 1 aliphatic carbocycles. The normalized spacial score (nSPS) is 46.2. The first-order chi connectivity index (χ1) is 5.54.